The Morgan fingerprint density at radius 3 is 2.77 bits per heavy atom. The number of pyridine rings is 1. The van der Waals surface area contributed by atoms with Gasteiger partial charge in [-0.3, -0.25) is 14.5 Å². The highest BCUT2D eigenvalue weighted by atomic mass is 32.2. The third-order valence-corrected chi connectivity index (χ3v) is 5.93. The zero-order chi connectivity index (χ0) is 22.8. The van der Waals surface area contributed by atoms with Gasteiger partial charge in [0.25, 0.3) is 0 Å². The summed E-state index contributed by atoms with van der Waals surface area (Å²) in [6.45, 7) is 1.36. The van der Waals surface area contributed by atoms with Crippen molar-refractivity contribution in [1.82, 2.24) is 9.97 Å². The number of nitrogens with one attached hydrogen (secondary N) is 3. The van der Waals surface area contributed by atoms with Gasteiger partial charge in [-0.25, -0.2) is 22.2 Å². The van der Waals surface area contributed by atoms with Crippen molar-refractivity contribution >= 4 is 45.0 Å². The van der Waals surface area contributed by atoms with Crippen LogP contribution in [0.4, 0.5) is 14.5 Å². The minimum Gasteiger partial charge on any atom is -0.345 e. The van der Waals surface area contributed by atoms with Crippen molar-refractivity contribution in [2.45, 2.75) is 12.8 Å². The summed E-state index contributed by atoms with van der Waals surface area (Å²) in [6.07, 6.45) is 5.45. The highest BCUT2D eigenvalue weighted by Crippen LogP contribution is 2.28. The predicted molar refractivity (Wildman–Crippen MR) is 115 cm³/mol. The number of carbonyl (C=O) groups excluding carboxylic acids is 1. The lowest BCUT2D eigenvalue weighted by atomic mass is 9.98. The van der Waals surface area contributed by atoms with Crippen molar-refractivity contribution in [2.24, 2.45) is 4.99 Å². The van der Waals surface area contributed by atoms with Crippen molar-refractivity contribution in [1.29, 1.82) is 5.41 Å². The second kappa shape index (κ2) is 8.72. The lowest BCUT2D eigenvalue weighted by Gasteiger charge is -2.11. The molecule has 0 spiro atoms. The van der Waals surface area contributed by atoms with E-state index >= 15 is 0 Å². The number of sulfonamides is 1. The Labute approximate surface area is 177 Å². The van der Waals surface area contributed by atoms with Gasteiger partial charge >= 0.3 is 0 Å². The number of rotatable bonds is 8. The summed E-state index contributed by atoms with van der Waals surface area (Å²) in [6, 6.07) is 3.33. The maximum absolute atomic E-state index is 14.9. The van der Waals surface area contributed by atoms with Gasteiger partial charge in [0, 0.05) is 42.8 Å². The van der Waals surface area contributed by atoms with Crippen molar-refractivity contribution in [3.8, 4) is 0 Å². The second-order valence-electron chi connectivity index (χ2n) is 6.59. The van der Waals surface area contributed by atoms with Crippen LogP contribution in [0.5, 0.6) is 0 Å². The summed E-state index contributed by atoms with van der Waals surface area (Å²) in [4.78, 5) is 23.9. The molecule has 0 aliphatic rings. The van der Waals surface area contributed by atoms with E-state index in [0.29, 0.717) is 16.6 Å². The molecule has 0 saturated heterocycles. The number of anilines is 1. The molecule has 0 bridgehead atoms. The molecule has 162 valence electrons. The van der Waals surface area contributed by atoms with Crippen LogP contribution in [-0.2, 0) is 10.0 Å². The van der Waals surface area contributed by atoms with E-state index in [1.165, 1.54) is 25.5 Å². The first-order valence-electron chi connectivity index (χ1n) is 9.15. The first kappa shape index (κ1) is 22.2. The van der Waals surface area contributed by atoms with Gasteiger partial charge in [-0.1, -0.05) is 0 Å². The highest BCUT2D eigenvalue weighted by molar-refractivity contribution is 7.92. The maximum atomic E-state index is 14.9. The summed E-state index contributed by atoms with van der Waals surface area (Å²) >= 11 is 0. The van der Waals surface area contributed by atoms with Crippen molar-refractivity contribution in [2.75, 3.05) is 17.5 Å². The Morgan fingerprint density at radius 2 is 2.13 bits per heavy atom. The Hall–Kier alpha value is -3.47. The third kappa shape index (κ3) is 4.36. The number of aliphatic imine (C=N–C) groups is 1. The molecule has 1 unspecified atom stereocenters. The number of hydrogen-bond acceptors (Lipinski definition) is 6. The molecule has 3 N–H and O–H groups in total. The van der Waals surface area contributed by atoms with Crippen LogP contribution in [0.2, 0.25) is 0 Å². The molecule has 2 heterocycles. The van der Waals surface area contributed by atoms with E-state index in [1.54, 1.807) is 13.1 Å². The zero-order valence-corrected chi connectivity index (χ0v) is 17.4. The van der Waals surface area contributed by atoms with Crippen molar-refractivity contribution < 1.29 is 22.0 Å². The normalized spacial score (nSPS) is 12.9. The molecular formula is C20H19F2N5O3S. The van der Waals surface area contributed by atoms with E-state index in [-0.39, 0.29) is 11.3 Å². The number of benzene rings is 1. The zero-order valence-electron chi connectivity index (χ0n) is 16.6. The maximum Gasteiger partial charge on any atom is 0.232 e. The average Bonchev–Trinajstić information content (AvgIpc) is 3.17. The monoisotopic (exact) mass is 447 g/mol. The molecular weight excluding hydrogens is 428 g/mol. The number of aromatic amines is 1. The second-order valence-corrected chi connectivity index (χ2v) is 8.60. The van der Waals surface area contributed by atoms with E-state index in [9.17, 15) is 22.0 Å². The van der Waals surface area contributed by atoms with Crippen molar-refractivity contribution in [3.63, 3.8) is 0 Å². The lowest BCUT2D eigenvalue weighted by molar-refractivity contribution is 0.103. The molecule has 8 nitrogen and oxygen atoms in total. The van der Waals surface area contributed by atoms with Crippen LogP contribution < -0.4 is 4.72 Å². The molecule has 0 aliphatic heterocycles. The largest absolute Gasteiger partial charge is 0.345 e. The van der Waals surface area contributed by atoms with Crippen molar-refractivity contribution in [3.05, 3.63) is 58.9 Å². The number of carbonyl (C=O) groups is 1. The van der Waals surface area contributed by atoms with Gasteiger partial charge < -0.3 is 10.4 Å². The molecule has 1 aromatic carbocycles. The molecule has 31 heavy (non-hydrogen) atoms. The SMILES string of the molecule is CCS(=O)(=O)Nc1ccc(F)c(C(=O)c2c[nH]c3ncc(C(C=N)C=NC)cc23)c1F. The van der Waals surface area contributed by atoms with Crippen LogP contribution in [0.3, 0.4) is 0 Å². The number of fused-ring (bicyclic) bond motifs is 1. The molecule has 11 heteroatoms. The van der Waals surface area contributed by atoms with Gasteiger partial charge in [0.05, 0.1) is 22.9 Å². The fraction of sp³-hybridized carbons (Fsp3) is 0.200. The van der Waals surface area contributed by atoms with Crippen LogP contribution >= 0.6 is 0 Å². The van der Waals surface area contributed by atoms with E-state index in [1.807, 2.05) is 4.72 Å². The highest BCUT2D eigenvalue weighted by Gasteiger charge is 2.26. The number of hydrogen-bond donors (Lipinski definition) is 3. The fourth-order valence-corrected chi connectivity index (χ4v) is 3.63. The topological polar surface area (TPSA) is 128 Å². The minimum atomic E-state index is -3.84. The molecule has 2 aromatic heterocycles. The van der Waals surface area contributed by atoms with Gasteiger partial charge in [0.2, 0.25) is 15.8 Å². The van der Waals surface area contributed by atoms with Gasteiger partial charge in [0.15, 0.2) is 5.82 Å². The molecule has 3 rings (SSSR count). The summed E-state index contributed by atoms with van der Waals surface area (Å²) in [5.41, 5.74) is -0.579. The van der Waals surface area contributed by atoms with E-state index in [4.69, 9.17) is 5.41 Å². The number of halogens is 2. The molecule has 0 radical (unpaired) electrons. The van der Waals surface area contributed by atoms with Crippen LogP contribution in [0.1, 0.15) is 34.3 Å². The van der Waals surface area contributed by atoms with E-state index in [2.05, 4.69) is 15.0 Å². The number of ketones is 1. The Morgan fingerprint density at radius 1 is 1.39 bits per heavy atom. The first-order valence-corrected chi connectivity index (χ1v) is 10.8. The van der Waals surface area contributed by atoms with E-state index < -0.39 is 44.6 Å². The predicted octanol–water partition coefficient (Wildman–Crippen LogP) is 3.27. The van der Waals surface area contributed by atoms with Gasteiger partial charge in [0.1, 0.15) is 11.5 Å². The summed E-state index contributed by atoms with van der Waals surface area (Å²) in [5.74, 6) is -4.22. The summed E-state index contributed by atoms with van der Waals surface area (Å²) in [7, 11) is -2.28. The Kier molecular flexibility index (Phi) is 6.25. The van der Waals surface area contributed by atoms with Crippen LogP contribution in [-0.4, -0.2) is 49.4 Å². The molecule has 1 atom stereocenters. The molecule has 0 aliphatic carbocycles. The molecule has 0 fully saturated rings. The molecule has 0 saturated carbocycles. The quantitative estimate of drug-likeness (QED) is 0.362. The van der Waals surface area contributed by atoms with E-state index in [0.717, 1.165) is 18.3 Å². The minimum absolute atomic E-state index is 0.0465. The Bertz CT molecular complexity index is 1300. The standard InChI is InChI=1S/C20H19F2N5O3S/c1-3-31(29,30)27-16-5-4-15(21)17(18(16)22)19(28)14-10-26-20-13(14)6-11(9-25-20)12(7-23)8-24-2/h4-10,12,23,27H,3H2,1-2H3,(H,25,26). The Balaban J connectivity index is 2.12. The smallest absolute Gasteiger partial charge is 0.232 e. The molecule has 3 aromatic rings. The van der Waals surface area contributed by atoms with Crippen LogP contribution in [0.25, 0.3) is 11.0 Å². The lowest BCUT2D eigenvalue weighted by Crippen LogP contribution is -2.17. The van der Waals surface area contributed by atoms with Crippen LogP contribution in [0.15, 0.2) is 35.6 Å². The van der Waals surface area contributed by atoms with Gasteiger partial charge in [-0.15, -0.1) is 0 Å². The van der Waals surface area contributed by atoms with Gasteiger partial charge in [-0.2, -0.15) is 0 Å². The molecule has 0 amide bonds. The number of nitrogens with zero attached hydrogens (tertiary/aromatic N) is 2. The van der Waals surface area contributed by atoms with Gasteiger partial charge in [-0.05, 0) is 30.7 Å². The number of aromatic nitrogens is 2. The number of H-pyrrole nitrogens is 1. The average molecular weight is 447 g/mol. The van der Waals surface area contributed by atoms with Crippen LogP contribution in [0, 0.1) is 17.0 Å². The third-order valence-electron chi connectivity index (χ3n) is 4.63. The first-order chi connectivity index (χ1) is 14.7. The fourth-order valence-electron chi connectivity index (χ4n) is 2.99. The summed E-state index contributed by atoms with van der Waals surface area (Å²) < 4.78 is 54.9. The summed E-state index contributed by atoms with van der Waals surface area (Å²) in [5, 5.41) is 7.84.